The molecule has 0 aliphatic heterocycles. The SMILES string of the molecule is CCNC(=S)NN=Cc1ccccc1Oc1nc(OC)cc(OC)n1. The predicted molar refractivity (Wildman–Crippen MR) is 98.7 cm³/mol. The average molecular weight is 361 g/mol. The van der Waals surface area contributed by atoms with Crippen LogP contribution in [0, 0.1) is 0 Å². The molecule has 2 aromatic rings. The maximum absolute atomic E-state index is 5.75. The summed E-state index contributed by atoms with van der Waals surface area (Å²) in [6.45, 7) is 2.67. The highest BCUT2D eigenvalue weighted by Crippen LogP contribution is 2.25. The molecule has 1 aromatic heterocycles. The van der Waals surface area contributed by atoms with Crippen LogP contribution in [-0.4, -0.2) is 42.1 Å². The number of benzene rings is 1. The van der Waals surface area contributed by atoms with Gasteiger partial charge >= 0.3 is 6.01 Å². The summed E-state index contributed by atoms with van der Waals surface area (Å²) < 4.78 is 16.0. The van der Waals surface area contributed by atoms with Crippen LogP contribution in [0.15, 0.2) is 35.4 Å². The highest BCUT2D eigenvalue weighted by Gasteiger charge is 2.09. The molecule has 2 rings (SSSR count). The van der Waals surface area contributed by atoms with Crippen molar-refractivity contribution in [1.82, 2.24) is 20.7 Å². The number of methoxy groups -OCH3 is 2. The number of hydrogen-bond donors (Lipinski definition) is 2. The summed E-state index contributed by atoms with van der Waals surface area (Å²) in [5.41, 5.74) is 3.44. The highest BCUT2D eigenvalue weighted by molar-refractivity contribution is 7.80. The van der Waals surface area contributed by atoms with Gasteiger partial charge in [0.2, 0.25) is 11.8 Å². The Bertz CT molecular complexity index is 732. The zero-order chi connectivity index (χ0) is 18.1. The second-order valence-electron chi connectivity index (χ2n) is 4.60. The number of nitrogens with one attached hydrogen (secondary N) is 2. The Kier molecular flexibility index (Phi) is 6.90. The summed E-state index contributed by atoms with van der Waals surface area (Å²) in [6, 6.07) is 8.98. The number of rotatable bonds is 7. The fourth-order valence-electron chi connectivity index (χ4n) is 1.78. The standard InChI is InChI=1S/C16H19N5O3S/c1-4-17-16(25)21-18-10-11-7-5-6-8-12(11)24-15-19-13(22-2)9-14(20-15)23-3/h5-10H,4H2,1-3H3,(H2,17,21,25). The van der Waals surface area contributed by atoms with Gasteiger partial charge in [-0.1, -0.05) is 12.1 Å². The predicted octanol–water partition coefficient (Wildman–Crippen LogP) is 2.10. The first kappa shape index (κ1) is 18.4. The lowest BCUT2D eigenvalue weighted by Crippen LogP contribution is -2.31. The zero-order valence-electron chi connectivity index (χ0n) is 14.1. The Balaban J connectivity index is 2.18. The summed E-state index contributed by atoms with van der Waals surface area (Å²) >= 11 is 5.05. The van der Waals surface area contributed by atoms with E-state index in [1.54, 1.807) is 18.3 Å². The van der Waals surface area contributed by atoms with E-state index in [1.165, 1.54) is 14.2 Å². The molecule has 0 spiro atoms. The van der Waals surface area contributed by atoms with Crippen LogP contribution in [0.4, 0.5) is 0 Å². The van der Waals surface area contributed by atoms with Crippen LogP contribution in [0.2, 0.25) is 0 Å². The first-order chi connectivity index (χ1) is 12.2. The largest absolute Gasteiger partial charge is 0.481 e. The molecule has 0 fully saturated rings. The number of hydrogen-bond acceptors (Lipinski definition) is 7. The molecule has 0 amide bonds. The van der Waals surface area contributed by atoms with Gasteiger partial charge in [0.25, 0.3) is 0 Å². The van der Waals surface area contributed by atoms with Gasteiger partial charge in [-0.3, -0.25) is 5.43 Å². The quantitative estimate of drug-likeness (QED) is 0.440. The number of para-hydroxylation sites is 1. The van der Waals surface area contributed by atoms with Crippen molar-refractivity contribution in [2.45, 2.75) is 6.92 Å². The first-order valence-electron chi connectivity index (χ1n) is 7.47. The van der Waals surface area contributed by atoms with Crippen LogP contribution in [0.25, 0.3) is 0 Å². The second kappa shape index (κ2) is 9.38. The smallest absolute Gasteiger partial charge is 0.328 e. The Morgan fingerprint density at radius 1 is 1.20 bits per heavy atom. The van der Waals surface area contributed by atoms with E-state index in [4.69, 9.17) is 26.4 Å². The van der Waals surface area contributed by atoms with Crippen LogP contribution in [-0.2, 0) is 0 Å². The third-order valence-corrected chi connectivity index (χ3v) is 3.14. The van der Waals surface area contributed by atoms with Crippen molar-refractivity contribution < 1.29 is 14.2 Å². The van der Waals surface area contributed by atoms with E-state index >= 15 is 0 Å². The molecule has 2 N–H and O–H groups in total. The molecule has 0 saturated heterocycles. The minimum Gasteiger partial charge on any atom is -0.481 e. The number of thiocarbonyl (C=S) groups is 1. The Labute approximate surface area is 151 Å². The molecule has 0 aliphatic carbocycles. The molecule has 25 heavy (non-hydrogen) atoms. The molecule has 0 aliphatic rings. The molecule has 0 saturated carbocycles. The minimum absolute atomic E-state index is 0.105. The van der Waals surface area contributed by atoms with Crippen molar-refractivity contribution >= 4 is 23.5 Å². The maximum Gasteiger partial charge on any atom is 0.328 e. The molecule has 9 heteroatoms. The van der Waals surface area contributed by atoms with E-state index in [0.717, 1.165) is 12.1 Å². The Morgan fingerprint density at radius 2 is 1.88 bits per heavy atom. The zero-order valence-corrected chi connectivity index (χ0v) is 15.0. The maximum atomic E-state index is 5.75. The van der Waals surface area contributed by atoms with Crippen molar-refractivity contribution in [3.05, 3.63) is 35.9 Å². The van der Waals surface area contributed by atoms with Crippen molar-refractivity contribution in [2.75, 3.05) is 20.8 Å². The molecule has 0 unspecified atom stereocenters. The third-order valence-electron chi connectivity index (χ3n) is 2.90. The van der Waals surface area contributed by atoms with Crippen LogP contribution in [0.3, 0.4) is 0 Å². The molecular formula is C16H19N5O3S. The van der Waals surface area contributed by atoms with E-state index < -0.39 is 0 Å². The van der Waals surface area contributed by atoms with Crippen molar-refractivity contribution in [2.24, 2.45) is 5.10 Å². The van der Waals surface area contributed by atoms with Gasteiger partial charge in [0.1, 0.15) is 5.75 Å². The summed E-state index contributed by atoms with van der Waals surface area (Å²) in [7, 11) is 3.01. The molecule has 0 atom stereocenters. The molecule has 1 heterocycles. The summed E-state index contributed by atoms with van der Waals surface area (Å²) in [5.74, 6) is 1.20. The fraction of sp³-hybridized carbons (Fsp3) is 0.250. The van der Waals surface area contributed by atoms with Gasteiger partial charge in [0.05, 0.1) is 26.5 Å². The molecule has 0 bridgehead atoms. The number of nitrogens with zero attached hydrogens (tertiary/aromatic N) is 3. The van der Waals surface area contributed by atoms with Crippen LogP contribution in [0.1, 0.15) is 12.5 Å². The summed E-state index contributed by atoms with van der Waals surface area (Å²) in [5, 5.41) is 7.46. The van der Waals surface area contributed by atoms with Crippen molar-refractivity contribution in [3.63, 3.8) is 0 Å². The molecule has 8 nitrogen and oxygen atoms in total. The van der Waals surface area contributed by atoms with Crippen LogP contribution < -0.4 is 25.0 Å². The van der Waals surface area contributed by atoms with E-state index in [9.17, 15) is 0 Å². The Hall–Kier alpha value is -2.94. The van der Waals surface area contributed by atoms with Gasteiger partial charge < -0.3 is 19.5 Å². The van der Waals surface area contributed by atoms with E-state index in [-0.39, 0.29) is 6.01 Å². The van der Waals surface area contributed by atoms with Crippen molar-refractivity contribution in [3.8, 4) is 23.5 Å². The van der Waals surface area contributed by atoms with E-state index in [0.29, 0.717) is 22.6 Å². The van der Waals surface area contributed by atoms with E-state index in [1.807, 2.05) is 25.1 Å². The van der Waals surface area contributed by atoms with Gasteiger partial charge in [0.15, 0.2) is 5.11 Å². The monoisotopic (exact) mass is 361 g/mol. The van der Waals surface area contributed by atoms with Crippen LogP contribution in [0.5, 0.6) is 23.5 Å². The minimum atomic E-state index is 0.105. The highest BCUT2D eigenvalue weighted by atomic mass is 32.1. The molecule has 1 aromatic carbocycles. The van der Waals surface area contributed by atoms with Crippen molar-refractivity contribution in [1.29, 1.82) is 0 Å². The second-order valence-corrected chi connectivity index (χ2v) is 5.01. The third kappa shape index (κ3) is 5.57. The fourth-order valence-corrected chi connectivity index (χ4v) is 1.97. The normalized spacial score (nSPS) is 10.4. The average Bonchev–Trinajstić information content (AvgIpc) is 2.63. The van der Waals surface area contributed by atoms with Gasteiger partial charge in [0, 0.05) is 12.1 Å². The van der Waals surface area contributed by atoms with Gasteiger partial charge in [-0.2, -0.15) is 15.1 Å². The first-order valence-corrected chi connectivity index (χ1v) is 7.88. The lowest BCUT2D eigenvalue weighted by atomic mass is 10.2. The van der Waals surface area contributed by atoms with Gasteiger partial charge in [-0.25, -0.2) is 0 Å². The molecule has 0 radical (unpaired) electrons. The van der Waals surface area contributed by atoms with Gasteiger partial charge in [-0.05, 0) is 31.3 Å². The molecular weight excluding hydrogens is 342 g/mol. The van der Waals surface area contributed by atoms with Gasteiger partial charge in [-0.15, -0.1) is 0 Å². The Morgan fingerprint density at radius 3 is 2.52 bits per heavy atom. The topological polar surface area (TPSA) is 89.9 Å². The summed E-state index contributed by atoms with van der Waals surface area (Å²) in [4.78, 5) is 8.29. The molecule has 132 valence electrons. The number of aromatic nitrogens is 2. The lowest BCUT2D eigenvalue weighted by Gasteiger charge is -2.09. The van der Waals surface area contributed by atoms with E-state index in [2.05, 4.69) is 25.8 Å². The van der Waals surface area contributed by atoms with Crippen LogP contribution >= 0.6 is 12.2 Å². The lowest BCUT2D eigenvalue weighted by molar-refractivity contribution is 0.348. The number of hydrazone groups is 1. The summed E-state index contributed by atoms with van der Waals surface area (Å²) in [6.07, 6.45) is 1.59. The number of ether oxygens (including phenoxy) is 3.